The summed E-state index contributed by atoms with van der Waals surface area (Å²) in [6.45, 7) is 5.46. The van der Waals surface area contributed by atoms with Gasteiger partial charge in [-0.25, -0.2) is 4.79 Å². The van der Waals surface area contributed by atoms with E-state index in [-0.39, 0.29) is 6.03 Å². The van der Waals surface area contributed by atoms with E-state index in [0.29, 0.717) is 17.8 Å². The summed E-state index contributed by atoms with van der Waals surface area (Å²) in [5, 5.41) is 15.5. The normalized spacial score (nSPS) is 19.6. The van der Waals surface area contributed by atoms with Crippen molar-refractivity contribution in [3.8, 4) is 0 Å². The van der Waals surface area contributed by atoms with Gasteiger partial charge >= 0.3 is 6.03 Å². The highest BCUT2D eigenvalue weighted by Crippen LogP contribution is 2.38. The fourth-order valence-corrected chi connectivity index (χ4v) is 3.98. The number of nitrogens with zero attached hydrogens (tertiary/aromatic N) is 4. The van der Waals surface area contributed by atoms with Crippen LogP contribution >= 0.6 is 11.3 Å². The summed E-state index contributed by atoms with van der Waals surface area (Å²) < 4.78 is 0. The van der Waals surface area contributed by atoms with Crippen LogP contribution in [-0.2, 0) is 0 Å². The standard InChI is InChI=1S/C18H23N5OS/c1-13(15-6-11-25-12-15)22-7-9-23(10-8-22)18(24)19-17-5-4-16(20-21-17)14-2-3-14/h4-6,11-14H,2-3,7-10H2,1H3,(H,19,21,24). The molecule has 132 valence electrons. The van der Waals surface area contributed by atoms with Crippen LogP contribution in [0.3, 0.4) is 0 Å². The Balaban J connectivity index is 1.29. The molecule has 4 rings (SSSR count). The van der Waals surface area contributed by atoms with Gasteiger partial charge in [-0.05, 0) is 54.3 Å². The van der Waals surface area contributed by atoms with Crippen LogP contribution in [0.5, 0.6) is 0 Å². The van der Waals surface area contributed by atoms with Crippen molar-refractivity contribution in [3.63, 3.8) is 0 Å². The molecule has 0 spiro atoms. The first kappa shape index (κ1) is 16.5. The predicted molar refractivity (Wildman–Crippen MR) is 98.9 cm³/mol. The second-order valence-corrected chi connectivity index (χ2v) is 7.58. The van der Waals surface area contributed by atoms with E-state index in [1.54, 1.807) is 11.3 Å². The van der Waals surface area contributed by atoms with Crippen molar-refractivity contribution >= 4 is 23.2 Å². The molecule has 6 nitrogen and oxygen atoms in total. The lowest BCUT2D eigenvalue weighted by Gasteiger charge is -2.37. The molecule has 1 aliphatic heterocycles. The van der Waals surface area contributed by atoms with Crippen LogP contribution in [0.1, 0.15) is 43.0 Å². The maximum atomic E-state index is 12.4. The van der Waals surface area contributed by atoms with Gasteiger partial charge in [0, 0.05) is 38.1 Å². The molecule has 2 fully saturated rings. The summed E-state index contributed by atoms with van der Waals surface area (Å²) in [4.78, 5) is 16.7. The minimum absolute atomic E-state index is 0.0868. The van der Waals surface area contributed by atoms with Crippen molar-refractivity contribution in [2.45, 2.75) is 31.7 Å². The van der Waals surface area contributed by atoms with Gasteiger partial charge in [0.15, 0.2) is 5.82 Å². The first-order chi connectivity index (χ1) is 12.2. The quantitative estimate of drug-likeness (QED) is 0.912. The number of thiophene rings is 1. The first-order valence-electron chi connectivity index (χ1n) is 8.86. The fraction of sp³-hybridized carbons (Fsp3) is 0.500. The molecular weight excluding hydrogens is 334 g/mol. The lowest BCUT2D eigenvalue weighted by atomic mass is 10.1. The van der Waals surface area contributed by atoms with Crippen molar-refractivity contribution in [2.24, 2.45) is 0 Å². The van der Waals surface area contributed by atoms with Crippen molar-refractivity contribution in [1.82, 2.24) is 20.0 Å². The number of urea groups is 1. The van der Waals surface area contributed by atoms with Gasteiger partial charge in [-0.3, -0.25) is 10.2 Å². The third-order valence-corrected chi connectivity index (χ3v) is 5.79. The molecule has 7 heteroatoms. The molecular formula is C18H23N5OS. The summed E-state index contributed by atoms with van der Waals surface area (Å²) in [5.74, 6) is 1.11. The van der Waals surface area contributed by atoms with E-state index < -0.39 is 0 Å². The van der Waals surface area contributed by atoms with E-state index in [9.17, 15) is 4.79 Å². The maximum absolute atomic E-state index is 12.4. The molecule has 0 radical (unpaired) electrons. The molecule has 3 heterocycles. The summed E-state index contributed by atoms with van der Waals surface area (Å²) in [7, 11) is 0. The molecule has 2 amide bonds. The Hall–Kier alpha value is -1.99. The highest BCUT2D eigenvalue weighted by Gasteiger charge is 2.26. The van der Waals surface area contributed by atoms with Gasteiger partial charge in [-0.1, -0.05) is 0 Å². The molecule has 25 heavy (non-hydrogen) atoms. The topological polar surface area (TPSA) is 61.4 Å². The average Bonchev–Trinajstić information content (AvgIpc) is 3.36. The van der Waals surface area contributed by atoms with Crippen molar-refractivity contribution < 1.29 is 4.79 Å². The first-order valence-corrected chi connectivity index (χ1v) is 9.80. The average molecular weight is 357 g/mol. The third kappa shape index (κ3) is 3.82. The van der Waals surface area contributed by atoms with E-state index >= 15 is 0 Å². The second-order valence-electron chi connectivity index (χ2n) is 6.80. The van der Waals surface area contributed by atoms with Crippen LogP contribution < -0.4 is 5.32 Å². The minimum atomic E-state index is -0.0868. The molecule has 1 saturated carbocycles. The lowest BCUT2D eigenvalue weighted by Crippen LogP contribution is -2.50. The zero-order valence-electron chi connectivity index (χ0n) is 14.4. The Labute approximate surface area is 151 Å². The monoisotopic (exact) mass is 357 g/mol. The van der Waals surface area contributed by atoms with Gasteiger partial charge in [0.25, 0.3) is 0 Å². The van der Waals surface area contributed by atoms with Crippen LogP contribution in [0, 0.1) is 0 Å². The van der Waals surface area contributed by atoms with Gasteiger partial charge in [0.1, 0.15) is 0 Å². The van der Waals surface area contributed by atoms with Crippen LogP contribution in [-0.4, -0.2) is 52.2 Å². The van der Waals surface area contributed by atoms with E-state index in [2.05, 4.69) is 44.2 Å². The molecule has 0 aromatic carbocycles. The Kier molecular flexibility index (Phi) is 4.67. The molecule has 2 aromatic heterocycles. The summed E-state index contributed by atoms with van der Waals surface area (Å²) in [6.07, 6.45) is 2.41. The molecule has 1 unspecified atom stereocenters. The van der Waals surface area contributed by atoms with Crippen LogP contribution in [0.25, 0.3) is 0 Å². The molecule has 1 saturated heterocycles. The van der Waals surface area contributed by atoms with Crippen molar-refractivity contribution in [2.75, 3.05) is 31.5 Å². The zero-order chi connectivity index (χ0) is 17.2. The maximum Gasteiger partial charge on any atom is 0.323 e. The smallest absolute Gasteiger partial charge is 0.322 e. The number of hydrogen-bond donors (Lipinski definition) is 1. The Bertz CT molecular complexity index is 706. The number of amides is 2. The summed E-state index contributed by atoms with van der Waals surface area (Å²) in [6, 6.07) is 6.32. The third-order valence-electron chi connectivity index (χ3n) is 5.09. The molecule has 1 atom stereocenters. The van der Waals surface area contributed by atoms with E-state index in [1.807, 2.05) is 17.0 Å². The Morgan fingerprint density at radius 3 is 2.60 bits per heavy atom. The van der Waals surface area contributed by atoms with Crippen LogP contribution in [0.4, 0.5) is 10.6 Å². The highest BCUT2D eigenvalue weighted by molar-refractivity contribution is 7.07. The van der Waals surface area contributed by atoms with E-state index in [4.69, 9.17) is 0 Å². The second kappa shape index (κ2) is 7.09. The molecule has 1 aliphatic carbocycles. The van der Waals surface area contributed by atoms with Gasteiger partial charge < -0.3 is 4.90 Å². The number of piperazine rings is 1. The van der Waals surface area contributed by atoms with Gasteiger partial charge in [-0.15, -0.1) is 5.10 Å². The van der Waals surface area contributed by atoms with Gasteiger partial charge in [-0.2, -0.15) is 16.4 Å². The van der Waals surface area contributed by atoms with Gasteiger partial charge in [0.05, 0.1) is 5.69 Å². The Morgan fingerprint density at radius 1 is 1.20 bits per heavy atom. The minimum Gasteiger partial charge on any atom is -0.322 e. The number of carbonyl (C=O) groups is 1. The number of rotatable bonds is 4. The molecule has 0 bridgehead atoms. The number of anilines is 1. The molecule has 2 aliphatic rings. The van der Waals surface area contributed by atoms with Gasteiger partial charge in [0.2, 0.25) is 0 Å². The van der Waals surface area contributed by atoms with Crippen LogP contribution in [0.15, 0.2) is 29.0 Å². The molecule has 2 aromatic rings. The Morgan fingerprint density at radius 2 is 2.00 bits per heavy atom. The fourth-order valence-electron chi connectivity index (χ4n) is 3.23. The summed E-state index contributed by atoms with van der Waals surface area (Å²) in [5.41, 5.74) is 2.39. The number of hydrogen-bond acceptors (Lipinski definition) is 5. The number of carbonyl (C=O) groups excluding carboxylic acids is 1. The largest absolute Gasteiger partial charge is 0.323 e. The lowest BCUT2D eigenvalue weighted by molar-refractivity contribution is 0.119. The molecule has 1 N–H and O–H groups in total. The summed E-state index contributed by atoms with van der Waals surface area (Å²) >= 11 is 1.73. The van der Waals surface area contributed by atoms with Crippen LogP contribution in [0.2, 0.25) is 0 Å². The van der Waals surface area contributed by atoms with Crippen molar-refractivity contribution in [1.29, 1.82) is 0 Å². The zero-order valence-corrected chi connectivity index (χ0v) is 15.2. The highest BCUT2D eigenvalue weighted by atomic mass is 32.1. The number of aromatic nitrogens is 2. The predicted octanol–water partition coefficient (Wildman–Crippen LogP) is 3.33. The van der Waals surface area contributed by atoms with Crippen molar-refractivity contribution in [3.05, 3.63) is 40.2 Å². The van der Waals surface area contributed by atoms with E-state index in [0.717, 1.165) is 31.9 Å². The number of nitrogens with one attached hydrogen (secondary N) is 1. The SMILES string of the molecule is CC(c1ccsc1)N1CCN(C(=O)Nc2ccc(C3CC3)nn2)CC1. The van der Waals surface area contributed by atoms with E-state index in [1.165, 1.54) is 18.4 Å².